The number of carbonyl (C=O) groups excluding carboxylic acids is 10. The lowest BCUT2D eigenvalue weighted by Crippen LogP contribution is -2.52. The number of carbonyl (C=O) groups is 11. The summed E-state index contributed by atoms with van der Waals surface area (Å²) < 4.78 is 17.8. The van der Waals surface area contributed by atoms with Gasteiger partial charge in [0.2, 0.25) is 0 Å². The fraction of sp³-hybridized carbons (Fsp3) is 0.333. The Hall–Kier alpha value is -17.3. The van der Waals surface area contributed by atoms with E-state index in [0.29, 0.717) is 57.4 Å². The molecule has 0 unspecified atom stereocenters. The Morgan fingerprint density at radius 2 is 0.570 bits per heavy atom. The van der Waals surface area contributed by atoms with Crippen LogP contribution in [0, 0.1) is 0 Å². The minimum Gasteiger partial charge on any atom is -0.476 e. The largest absolute Gasteiger partial charge is 0.476 e. The van der Waals surface area contributed by atoms with Gasteiger partial charge in [0, 0.05) is 91.7 Å². The van der Waals surface area contributed by atoms with Crippen LogP contribution in [-0.2, 0) is 57.0 Å². The number of rotatable bonds is 15. The topological polar surface area (TPSA) is 544 Å². The van der Waals surface area contributed by atoms with Crippen LogP contribution in [0.15, 0.2) is 258 Å². The molecule has 2 fully saturated rings. The molecule has 149 heavy (non-hydrogen) atoms. The van der Waals surface area contributed by atoms with E-state index in [1.165, 1.54) is 139 Å². The molecule has 0 spiro atoms. The van der Waals surface area contributed by atoms with Gasteiger partial charge in [0.05, 0.1) is 50.6 Å². The van der Waals surface area contributed by atoms with Crippen molar-refractivity contribution in [1.29, 1.82) is 0 Å². The van der Waals surface area contributed by atoms with Crippen molar-refractivity contribution in [1.82, 2.24) is 95.6 Å². The Kier molecular flexibility index (Phi) is 39.6. The summed E-state index contributed by atoms with van der Waals surface area (Å²) >= 11 is 0. The maximum absolute atomic E-state index is 14.5. The van der Waals surface area contributed by atoms with Gasteiger partial charge in [-0.15, -0.1) is 18.9 Å². The van der Waals surface area contributed by atoms with Crippen molar-refractivity contribution in [2.24, 2.45) is 21.1 Å². The lowest BCUT2D eigenvalue weighted by Gasteiger charge is -2.26. The third-order valence-corrected chi connectivity index (χ3v) is 24.6. The Morgan fingerprint density at radius 1 is 0.282 bits per heavy atom. The Balaban J connectivity index is 0.000000224. The zero-order valence-electron chi connectivity index (χ0n) is 82.2. The highest BCUT2D eigenvalue weighted by Crippen LogP contribution is 2.18. The van der Waals surface area contributed by atoms with Crippen LogP contribution in [0.2, 0.25) is 0 Å². The zero-order chi connectivity index (χ0) is 106. The van der Waals surface area contributed by atoms with Gasteiger partial charge in [-0.2, -0.15) is 0 Å². The van der Waals surface area contributed by atoms with Gasteiger partial charge in [0.25, 0.3) is 98.0 Å². The summed E-state index contributed by atoms with van der Waals surface area (Å²) in [6, 6.07) is 55.7. The van der Waals surface area contributed by atoms with Crippen LogP contribution in [-0.4, -0.2) is 242 Å². The molecular formula is C105H117N19O25. The quantitative estimate of drug-likeness (QED) is 0.0691. The van der Waals surface area contributed by atoms with Crippen LogP contribution in [0.25, 0.3) is 0 Å². The molecule has 44 nitrogen and oxygen atoms in total. The van der Waals surface area contributed by atoms with Gasteiger partial charge in [-0.1, -0.05) is 140 Å². The molecule has 0 radical (unpaired) electrons. The van der Waals surface area contributed by atoms with E-state index >= 15 is 0 Å². The average molecular weight is 2050 g/mol. The molecule has 11 N–H and O–H groups in total. The Bertz CT molecular complexity index is 7070. The molecule has 4 aromatic carbocycles. The van der Waals surface area contributed by atoms with Crippen molar-refractivity contribution >= 4 is 65.0 Å². The molecule has 0 saturated carbocycles. The van der Waals surface area contributed by atoms with Crippen molar-refractivity contribution in [3.05, 3.63) is 381 Å². The normalized spacial score (nSPS) is 17.4. The second-order valence-corrected chi connectivity index (χ2v) is 35.0. The van der Waals surface area contributed by atoms with E-state index in [-0.39, 0.29) is 162 Å². The molecule has 2 saturated heterocycles. The monoisotopic (exact) mass is 2040 g/mol. The molecule has 7 aromatic heterocycles. The first-order chi connectivity index (χ1) is 72.1. The first-order valence-electron chi connectivity index (χ1n) is 48.6. The number of carboxylic acids is 1. The smallest absolute Gasteiger partial charge is 0.356 e. The van der Waals surface area contributed by atoms with Gasteiger partial charge in [-0.25, -0.2) is 4.79 Å². The van der Waals surface area contributed by atoms with Crippen molar-refractivity contribution < 1.29 is 86.7 Å². The van der Waals surface area contributed by atoms with E-state index < -0.39 is 134 Å². The Labute approximate surface area is 852 Å². The molecule has 8 bridgehead atoms. The fourth-order valence-electron chi connectivity index (χ4n) is 16.3. The molecule has 8 aliphatic rings. The number of amides is 10. The number of ether oxygens (including phenoxy) is 2. The second kappa shape index (κ2) is 54.1. The number of aromatic nitrogens is 7. The van der Waals surface area contributed by atoms with Crippen LogP contribution in [0.5, 0.6) is 0 Å². The van der Waals surface area contributed by atoms with E-state index in [0.717, 1.165) is 70.7 Å². The van der Waals surface area contributed by atoms with Gasteiger partial charge < -0.3 is 111 Å². The van der Waals surface area contributed by atoms with Gasteiger partial charge in [0.15, 0.2) is 5.69 Å². The van der Waals surface area contributed by atoms with Crippen LogP contribution in [0.4, 0.5) is 0 Å². The SMILES string of the molecule is Cn1c(C(=O)N2CCCCN(C(=O)c3cccc(=O)n3OCc3ccccc3)CCCNC(=O)c3ccc(c(=O)n3C)C(=O)N[C@@H]3COC[C@@H]3NC(=O)c3ccc(n(OCc4ccccc4)c3=O)C(=O)NCCC2)cccc1=O.Cn1c2ccc(c1=O)C(=O)N[C@@H]1COC[C@@H]1NC(=O)c1ccc(n(OCc3ccccc3)c1=O)C(=O)NCCCNCCCCNCCCNC2=O.O=C(O)c1cccc(=O)n1OCc1ccccc1. The van der Waals surface area contributed by atoms with Crippen molar-refractivity contribution in [3.8, 4) is 0 Å². The molecule has 10 amide bonds. The summed E-state index contributed by atoms with van der Waals surface area (Å²) in [6.07, 6.45) is 4.37. The summed E-state index contributed by atoms with van der Waals surface area (Å²) in [7, 11) is 4.23. The maximum atomic E-state index is 14.5. The number of benzene rings is 4. The van der Waals surface area contributed by atoms with Crippen molar-refractivity contribution in [3.63, 3.8) is 0 Å². The van der Waals surface area contributed by atoms with Crippen LogP contribution < -0.4 is 111 Å². The standard InChI is InChI=1S/C56H60N10O13.C36H46N8O8.C13H11NO4/c1-61-45(19-11-21-47(61)67)55(75)63-29-9-10-30-64(56(76)46-20-12-22-48(68)65(46)78-33-37-15-5-3-6-16-37)32-13-27-57-51(71)43-25-23-39(53(73)62(43)2)49(69)59-41-35-77-36-42(41)60-50(70)40-24-26-44(52(72)58-28-14-31-63)66(54(40)74)79-34-38-17-7-4-8-18-38;1-43-29-13-11-25(35(43)49)31(45)41-27-22-51-23-28(27)42-32(46)26-12-14-30(44(36(26)50)52-21-24-9-3-2-4-10-24)34(48)40-20-8-18-38-16-6-5-15-37-17-7-19-39-33(29)47;15-12-8-4-7-11(13(16)17)14(12)18-9-10-5-2-1-3-6-10/h3-8,11-12,15-26,41-42H,9-10,13-14,27-36H2,1-2H3,(H,57,71)(H,58,72)(H,59,69)(H,60,70);2-4,9-14,27-28,37-38H,5-8,15-23H2,1H3,(H,39,47)(H,40,48)(H,41,45)(H,42,46);1-8H,9H2,(H,16,17)/t41-,42+;27-,28+;/m11./s1. The molecule has 15 heterocycles. The summed E-state index contributed by atoms with van der Waals surface area (Å²) in [4.78, 5) is 265. The average Bonchev–Trinajstić information content (AvgIpc) is 1.56. The molecule has 4 atom stereocenters. The summed E-state index contributed by atoms with van der Waals surface area (Å²) in [5, 5.41) is 37.8. The van der Waals surface area contributed by atoms with Crippen molar-refractivity contribution in [2.75, 3.05) is 105 Å². The van der Waals surface area contributed by atoms with Crippen molar-refractivity contribution in [2.45, 2.75) is 102 Å². The number of carboxylic acid groups (broad SMARTS) is 1. The first-order valence-corrected chi connectivity index (χ1v) is 48.6. The predicted octanol–water partition coefficient (Wildman–Crippen LogP) is 1.40. The number of fused-ring (bicyclic) bond motifs is 4. The zero-order valence-corrected chi connectivity index (χ0v) is 82.2. The minimum atomic E-state index is -1.21. The highest BCUT2D eigenvalue weighted by Gasteiger charge is 2.37. The molecule has 11 aromatic rings. The van der Waals surface area contributed by atoms with E-state index in [9.17, 15) is 86.3 Å². The number of nitrogens with one attached hydrogen (secondary N) is 10. The third kappa shape index (κ3) is 29.6. The summed E-state index contributed by atoms with van der Waals surface area (Å²) in [6.45, 7) is 4.12. The van der Waals surface area contributed by atoms with Gasteiger partial charge in [0.1, 0.15) is 82.8 Å². The molecule has 782 valence electrons. The highest BCUT2D eigenvalue weighted by molar-refractivity contribution is 6.00. The van der Waals surface area contributed by atoms with Crippen LogP contribution in [0.3, 0.4) is 0 Å². The van der Waals surface area contributed by atoms with Gasteiger partial charge >= 0.3 is 5.97 Å². The van der Waals surface area contributed by atoms with E-state index in [4.69, 9.17) is 33.9 Å². The van der Waals surface area contributed by atoms with Crippen LogP contribution >= 0.6 is 0 Å². The molecule has 8 aliphatic heterocycles. The van der Waals surface area contributed by atoms with Gasteiger partial charge in [-0.3, -0.25) is 81.5 Å². The lowest BCUT2D eigenvalue weighted by molar-refractivity contribution is 0.0533. The summed E-state index contributed by atoms with van der Waals surface area (Å²) in [5.41, 5.74) is -3.33. The second-order valence-electron chi connectivity index (χ2n) is 35.0. The number of aromatic carboxylic acids is 1. The predicted molar refractivity (Wildman–Crippen MR) is 542 cm³/mol. The van der Waals surface area contributed by atoms with Crippen LogP contribution in [0.1, 0.15) is 188 Å². The fourth-order valence-corrected chi connectivity index (χ4v) is 16.3. The van der Waals surface area contributed by atoms with Gasteiger partial charge in [-0.05, 0) is 167 Å². The first kappa shape index (κ1) is 109. The van der Waals surface area contributed by atoms with E-state index in [1.807, 2.05) is 78.9 Å². The lowest BCUT2D eigenvalue weighted by atomic mass is 10.1. The molecule has 44 heteroatoms. The number of nitrogens with zero attached hydrogens (tertiary/aromatic N) is 9. The number of pyridine rings is 7. The maximum Gasteiger partial charge on any atom is 0.356 e. The number of hydrogen-bond acceptors (Lipinski definition) is 26. The molecule has 19 rings (SSSR count). The summed E-state index contributed by atoms with van der Waals surface area (Å²) in [5.74, 6) is -7.71. The van der Waals surface area contributed by atoms with E-state index in [2.05, 4.69) is 53.2 Å². The molecule has 0 aliphatic carbocycles. The third-order valence-electron chi connectivity index (χ3n) is 24.6. The van der Waals surface area contributed by atoms with E-state index in [1.54, 1.807) is 42.5 Å². The minimum absolute atomic E-state index is 0.000245. The number of hydrogen-bond donors (Lipinski definition) is 11. The highest BCUT2D eigenvalue weighted by atomic mass is 16.7. The molecular weight excluding hydrogens is 1930 g/mol. The Morgan fingerprint density at radius 3 is 0.933 bits per heavy atom.